The minimum absolute atomic E-state index is 0.309. The molecule has 1 aromatic carbocycles. The lowest BCUT2D eigenvalue weighted by atomic mass is 10.0. The van der Waals surface area contributed by atoms with Crippen LogP contribution in [0.2, 0.25) is 0 Å². The first-order valence-corrected chi connectivity index (χ1v) is 11.0. The number of nitrogens with zero attached hydrogens (tertiary/aromatic N) is 2. The summed E-state index contributed by atoms with van der Waals surface area (Å²) in [5.41, 5.74) is 5.54. The highest BCUT2D eigenvalue weighted by Gasteiger charge is 2.25. The van der Waals surface area contributed by atoms with Gasteiger partial charge in [-0.05, 0) is 45.5 Å². The largest absolute Gasteiger partial charge is 0.462 e. The Hall–Kier alpha value is -2.71. The molecule has 3 rings (SSSR count). The molecule has 3 aromatic rings. The van der Waals surface area contributed by atoms with Gasteiger partial charge in [-0.25, -0.2) is 4.79 Å². The fraction of sp³-hybridized carbons (Fsp3) is 0.318. The summed E-state index contributed by atoms with van der Waals surface area (Å²) in [5.74, 6) is -0.357. The van der Waals surface area contributed by atoms with E-state index in [9.17, 15) is 4.79 Å². The molecule has 2 heterocycles. The zero-order valence-electron chi connectivity index (χ0n) is 17.8. The van der Waals surface area contributed by atoms with Gasteiger partial charge in [-0.3, -0.25) is 4.68 Å². The molecule has 158 valence electrons. The number of hydrogen-bond donors (Lipinski definition) is 2. The van der Waals surface area contributed by atoms with Gasteiger partial charge in [0.1, 0.15) is 10.6 Å². The Labute approximate surface area is 186 Å². The van der Waals surface area contributed by atoms with Gasteiger partial charge in [-0.15, -0.1) is 11.3 Å². The Balaban J connectivity index is 1.86. The average molecular weight is 443 g/mol. The lowest BCUT2D eigenvalue weighted by Gasteiger charge is -2.12. The van der Waals surface area contributed by atoms with E-state index >= 15 is 0 Å². The third kappa shape index (κ3) is 4.55. The average Bonchev–Trinajstić information content (AvgIpc) is 3.16. The normalized spacial score (nSPS) is 10.7. The molecule has 0 amide bonds. The van der Waals surface area contributed by atoms with Gasteiger partial charge in [0.05, 0.1) is 12.3 Å². The van der Waals surface area contributed by atoms with Crippen LogP contribution in [0.5, 0.6) is 0 Å². The zero-order valence-corrected chi connectivity index (χ0v) is 19.5. The highest BCUT2D eigenvalue weighted by molar-refractivity contribution is 7.80. The number of benzene rings is 1. The maximum atomic E-state index is 12.8. The summed E-state index contributed by atoms with van der Waals surface area (Å²) >= 11 is 7.01. The number of anilines is 1. The molecule has 0 fully saturated rings. The number of thiocarbonyl (C=S) groups is 1. The van der Waals surface area contributed by atoms with Crippen LogP contribution in [0.25, 0.3) is 11.1 Å². The quantitative estimate of drug-likeness (QED) is 0.425. The van der Waals surface area contributed by atoms with E-state index in [0.717, 1.165) is 33.0 Å². The molecule has 0 saturated carbocycles. The van der Waals surface area contributed by atoms with Crippen molar-refractivity contribution in [1.82, 2.24) is 15.1 Å². The molecular weight excluding hydrogens is 416 g/mol. The third-order valence-electron chi connectivity index (χ3n) is 4.94. The van der Waals surface area contributed by atoms with Crippen molar-refractivity contribution in [3.8, 4) is 11.1 Å². The Morgan fingerprint density at radius 1 is 1.23 bits per heavy atom. The van der Waals surface area contributed by atoms with E-state index in [1.807, 2.05) is 62.8 Å². The van der Waals surface area contributed by atoms with Gasteiger partial charge in [-0.1, -0.05) is 30.3 Å². The van der Waals surface area contributed by atoms with E-state index in [1.54, 1.807) is 6.92 Å². The van der Waals surface area contributed by atoms with E-state index in [2.05, 4.69) is 15.7 Å². The Kier molecular flexibility index (Phi) is 6.89. The smallest absolute Gasteiger partial charge is 0.341 e. The lowest BCUT2D eigenvalue weighted by molar-refractivity contribution is 0.0529. The van der Waals surface area contributed by atoms with Crippen molar-refractivity contribution in [2.24, 2.45) is 7.05 Å². The molecule has 0 aliphatic heterocycles. The van der Waals surface area contributed by atoms with Crippen LogP contribution >= 0.6 is 23.6 Å². The number of esters is 1. The summed E-state index contributed by atoms with van der Waals surface area (Å²) in [6, 6.07) is 9.85. The first kappa shape index (κ1) is 22.0. The van der Waals surface area contributed by atoms with Gasteiger partial charge in [-0.2, -0.15) is 5.10 Å². The number of carbonyl (C=O) groups is 1. The van der Waals surface area contributed by atoms with Gasteiger partial charge < -0.3 is 15.4 Å². The molecule has 30 heavy (non-hydrogen) atoms. The predicted molar refractivity (Wildman–Crippen MR) is 126 cm³/mol. The van der Waals surface area contributed by atoms with Crippen LogP contribution in [-0.4, -0.2) is 27.5 Å². The van der Waals surface area contributed by atoms with Crippen molar-refractivity contribution in [3.05, 3.63) is 57.7 Å². The molecule has 2 aromatic heterocycles. The van der Waals surface area contributed by atoms with Crippen LogP contribution in [0.4, 0.5) is 5.00 Å². The number of carbonyl (C=O) groups excluding carboxylic acids is 1. The van der Waals surface area contributed by atoms with Crippen LogP contribution in [0, 0.1) is 20.8 Å². The molecule has 0 unspecified atom stereocenters. The number of aryl methyl sites for hydroxylation is 3. The second kappa shape index (κ2) is 9.40. The first-order valence-electron chi connectivity index (χ1n) is 9.73. The zero-order chi connectivity index (χ0) is 21.8. The number of ether oxygens (including phenoxy) is 1. The first-order chi connectivity index (χ1) is 14.3. The number of rotatable bonds is 6. The standard InChI is InChI=1S/C22H26N4O2S2/c1-6-28-21(27)19-18(16-10-8-7-9-11-16)15(4)30-20(19)24-22(29)23-12-17-13(2)25-26(5)14(17)3/h7-11H,6,12H2,1-5H3,(H2,23,24,29). The van der Waals surface area contributed by atoms with Crippen molar-refractivity contribution in [1.29, 1.82) is 0 Å². The monoisotopic (exact) mass is 442 g/mol. The van der Waals surface area contributed by atoms with Gasteiger partial charge in [0, 0.05) is 35.3 Å². The Morgan fingerprint density at radius 2 is 1.93 bits per heavy atom. The fourth-order valence-corrected chi connectivity index (χ4v) is 4.68. The van der Waals surface area contributed by atoms with Crippen LogP contribution in [-0.2, 0) is 18.3 Å². The van der Waals surface area contributed by atoms with Crippen molar-refractivity contribution in [3.63, 3.8) is 0 Å². The number of hydrogen-bond acceptors (Lipinski definition) is 5. The minimum atomic E-state index is -0.357. The number of nitrogens with one attached hydrogen (secondary N) is 2. The van der Waals surface area contributed by atoms with Crippen molar-refractivity contribution >= 4 is 39.6 Å². The molecule has 0 bridgehead atoms. The van der Waals surface area contributed by atoms with E-state index in [-0.39, 0.29) is 5.97 Å². The topological polar surface area (TPSA) is 68.2 Å². The molecule has 0 spiro atoms. The summed E-state index contributed by atoms with van der Waals surface area (Å²) in [6.45, 7) is 8.68. The van der Waals surface area contributed by atoms with Gasteiger partial charge in [0.2, 0.25) is 0 Å². The molecule has 8 heteroatoms. The lowest BCUT2D eigenvalue weighted by Crippen LogP contribution is -2.28. The van der Waals surface area contributed by atoms with Crippen molar-refractivity contribution in [2.45, 2.75) is 34.2 Å². The van der Waals surface area contributed by atoms with Gasteiger partial charge in [0.15, 0.2) is 5.11 Å². The highest BCUT2D eigenvalue weighted by atomic mass is 32.1. The number of aromatic nitrogens is 2. The maximum Gasteiger partial charge on any atom is 0.341 e. The molecule has 0 radical (unpaired) electrons. The van der Waals surface area contributed by atoms with Crippen molar-refractivity contribution < 1.29 is 9.53 Å². The summed E-state index contributed by atoms with van der Waals surface area (Å²) in [4.78, 5) is 13.8. The minimum Gasteiger partial charge on any atom is -0.462 e. The number of thiophene rings is 1. The van der Waals surface area contributed by atoms with E-state index < -0.39 is 0 Å². The molecule has 0 aliphatic carbocycles. The second-order valence-corrected chi connectivity index (χ2v) is 8.54. The maximum absolute atomic E-state index is 12.8. The van der Waals surface area contributed by atoms with Crippen LogP contribution in [0.15, 0.2) is 30.3 Å². The highest BCUT2D eigenvalue weighted by Crippen LogP contribution is 2.40. The van der Waals surface area contributed by atoms with Crippen LogP contribution in [0.3, 0.4) is 0 Å². The summed E-state index contributed by atoms with van der Waals surface area (Å²) in [6.07, 6.45) is 0. The van der Waals surface area contributed by atoms with Crippen LogP contribution < -0.4 is 10.6 Å². The molecule has 6 nitrogen and oxygen atoms in total. The molecule has 0 aliphatic rings. The van der Waals surface area contributed by atoms with Crippen LogP contribution in [0.1, 0.15) is 39.1 Å². The summed E-state index contributed by atoms with van der Waals surface area (Å²) < 4.78 is 7.20. The fourth-order valence-electron chi connectivity index (χ4n) is 3.37. The SMILES string of the molecule is CCOC(=O)c1c(NC(=S)NCc2c(C)nn(C)c2C)sc(C)c1-c1ccccc1. The Morgan fingerprint density at radius 3 is 2.53 bits per heavy atom. The van der Waals surface area contributed by atoms with E-state index in [1.165, 1.54) is 11.3 Å². The summed E-state index contributed by atoms with van der Waals surface area (Å²) in [7, 11) is 1.92. The Bertz CT molecular complexity index is 1070. The molecular formula is C22H26N4O2S2. The third-order valence-corrected chi connectivity index (χ3v) is 6.20. The molecule has 2 N–H and O–H groups in total. The summed E-state index contributed by atoms with van der Waals surface area (Å²) in [5, 5.41) is 12.0. The molecule has 0 saturated heterocycles. The predicted octanol–water partition coefficient (Wildman–Crippen LogP) is 4.74. The molecule has 0 atom stereocenters. The van der Waals surface area contributed by atoms with E-state index in [4.69, 9.17) is 17.0 Å². The second-order valence-electron chi connectivity index (χ2n) is 6.90. The van der Waals surface area contributed by atoms with Crippen molar-refractivity contribution in [2.75, 3.05) is 11.9 Å². The van der Waals surface area contributed by atoms with E-state index in [0.29, 0.717) is 28.8 Å². The van der Waals surface area contributed by atoms with Gasteiger partial charge >= 0.3 is 5.97 Å². The van der Waals surface area contributed by atoms with Gasteiger partial charge in [0.25, 0.3) is 0 Å².